The van der Waals surface area contributed by atoms with Gasteiger partial charge in [0.05, 0.1) is 22.9 Å². The molecule has 1 aliphatic heterocycles. The lowest BCUT2D eigenvalue weighted by atomic mass is 10.1. The number of nitrogens with one attached hydrogen (secondary N) is 1. The van der Waals surface area contributed by atoms with E-state index in [9.17, 15) is 0 Å². The Bertz CT molecular complexity index is 413. The SMILES string of the molecule is CNCc1nc(N(C)C2CCOC2C)ccc1Cl. The smallest absolute Gasteiger partial charge is 0.129 e. The Morgan fingerprint density at radius 1 is 1.56 bits per heavy atom. The molecule has 0 bridgehead atoms. The fraction of sp³-hybridized carbons (Fsp3) is 0.615. The zero-order valence-electron chi connectivity index (χ0n) is 11.1. The van der Waals surface area contributed by atoms with E-state index in [4.69, 9.17) is 16.3 Å². The normalized spacial score (nSPS) is 23.3. The van der Waals surface area contributed by atoms with E-state index in [1.807, 2.05) is 19.2 Å². The highest BCUT2D eigenvalue weighted by molar-refractivity contribution is 6.31. The zero-order valence-corrected chi connectivity index (χ0v) is 11.9. The van der Waals surface area contributed by atoms with E-state index in [1.165, 1.54) is 0 Å². The van der Waals surface area contributed by atoms with Crippen molar-refractivity contribution in [3.05, 3.63) is 22.8 Å². The highest BCUT2D eigenvalue weighted by atomic mass is 35.5. The van der Waals surface area contributed by atoms with E-state index < -0.39 is 0 Å². The number of hydrogen-bond donors (Lipinski definition) is 1. The van der Waals surface area contributed by atoms with Gasteiger partial charge in [0.1, 0.15) is 5.82 Å². The van der Waals surface area contributed by atoms with E-state index in [-0.39, 0.29) is 6.10 Å². The molecule has 1 aromatic rings. The van der Waals surface area contributed by atoms with Gasteiger partial charge in [-0.15, -0.1) is 0 Å². The molecule has 2 unspecified atom stereocenters. The quantitative estimate of drug-likeness (QED) is 0.908. The molecule has 1 aromatic heterocycles. The van der Waals surface area contributed by atoms with Gasteiger partial charge in [-0.3, -0.25) is 0 Å². The van der Waals surface area contributed by atoms with E-state index in [0.29, 0.717) is 17.6 Å². The Morgan fingerprint density at radius 2 is 2.33 bits per heavy atom. The first-order chi connectivity index (χ1) is 8.63. The Balaban J connectivity index is 2.19. The third-order valence-electron chi connectivity index (χ3n) is 3.44. The maximum Gasteiger partial charge on any atom is 0.129 e. The monoisotopic (exact) mass is 269 g/mol. The summed E-state index contributed by atoms with van der Waals surface area (Å²) in [4.78, 5) is 6.80. The standard InChI is InChI=1S/C13H20ClN3O/c1-9-12(6-7-18-9)17(3)13-5-4-10(14)11(16-13)8-15-2/h4-5,9,12,15H,6-8H2,1-3H3. The molecule has 1 saturated heterocycles. The fourth-order valence-corrected chi connectivity index (χ4v) is 2.53. The van der Waals surface area contributed by atoms with Crippen LogP contribution in [0, 0.1) is 0 Å². The van der Waals surface area contributed by atoms with Crippen molar-refractivity contribution in [3.63, 3.8) is 0 Å². The lowest BCUT2D eigenvalue weighted by molar-refractivity contribution is 0.118. The van der Waals surface area contributed by atoms with Crippen molar-refractivity contribution < 1.29 is 4.74 Å². The number of halogens is 1. The van der Waals surface area contributed by atoms with Crippen molar-refractivity contribution in [2.75, 3.05) is 25.6 Å². The third-order valence-corrected chi connectivity index (χ3v) is 3.79. The Hall–Kier alpha value is -0.840. The molecule has 100 valence electrons. The number of anilines is 1. The Labute approximate surface area is 113 Å². The summed E-state index contributed by atoms with van der Waals surface area (Å²) in [5.41, 5.74) is 0.884. The second-order valence-electron chi connectivity index (χ2n) is 4.67. The van der Waals surface area contributed by atoms with Crippen LogP contribution in [-0.2, 0) is 11.3 Å². The molecule has 0 saturated carbocycles. The average Bonchev–Trinajstić information content (AvgIpc) is 2.78. The average molecular weight is 270 g/mol. The van der Waals surface area contributed by atoms with Crippen LogP contribution in [0.5, 0.6) is 0 Å². The van der Waals surface area contributed by atoms with Gasteiger partial charge in [0.15, 0.2) is 0 Å². The van der Waals surface area contributed by atoms with Crippen LogP contribution in [-0.4, -0.2) is 37.8 Å². The van der Waals surface area contributed by atoms with Crippen LogP contribution in [0.2, 0.25) is 5.02 Å². The molecule has 2 atom stereocenters. The number of pyridine rings is 1. The van der Waals surface area contributed by atoms with Gasteiger partial charge in [-0.25, -0.2) is 4.98 Å². The Kier molecular flexibility index (Phi) is 4.43. The number of hydrogen-bond acceptors (Lipinski definition) is 4. The highest BCUT2D eigenvalue weighted by Crippen LogP contribution is 2.25. The predicted molar refractivity (Wildman–Crippen MR) is 74.2 cm³/mol. The van der Waals surface area contributed by atoms with Crippen molar-refractivity contribution in [1.82, 2.24) is 10.3 Å². The first kappa shape index (κ1) is 13.6. The van der Waals surface area contributed by atoms with Gasteiger partial charge in [-0.05, 0) is 32.5 Å². The number of ether oxygens (including phenoxy) is 1. The summed E-state index contributed by atoms with van der Waals surface area (Å²) < 4.78 is 5.60. The van der Waals surface area contributed by atoms with E-state index >= 15 is 0 Å². The molecule has 18 heavy (non-hydrogen) atoms. The topological polar surface area (TPSA) is 37.4 Å². The van der Waals surface area contributed by atoms with Crippen molar-refractivity contribution in [2.45, 2.75) is 32.0 Å². The maximum absolute atomic E-state index is 6.12. The molecular formula is C13H20ClN3O. The number of aromatic nitrogens is 1. The van der Waals surface area contributed by atoms with Crippen LogP contribution in [0.15, 0.2) is 12.1 Å². The summed E-state index contributed by atoms with van der Waals surface area (Å²) in [5.74, 6) is 0.951. The van der Waals surface area contributed by atoms with Gasteiger partial charge < -0.3 is 15.0 Å². The van der Waals surface area contributed by atoms with E-state index in [1.54, 1.807) is 0 Å². The summed E-state index contributed by atoms with van der Waals surface area (Å²) in [6.07, 6.45) is 1.30. The van der Waals surface area contributed by atoms with Crippen molar-refractivity contribution in [2.24, 2.45) is 0 Å². The number of nitrogens with zero attached hydrogens (tertiary/aromatic N) is 2. The van der Waals surface area contributed by atoms with Crippen LogP contribution in [0.3, 0.4) is 0 Å². The van der Waals surface area contributed by atoms with Crippen LogP contribution >= 0.6 is 11.6 Å². The van der Waals surface area contributed by atoms with Gasteiger partial charge in [-0.2, -0.15) is 0 Å². The highest BCUT2D eigenvalue weighted by Gasteiger charge is 2.28. The maximum atomic E-state index is 6.12. The van der Waals surface area contributed by atoms with Crippen molar-refractivity contribution in [3.8, 4) is 0 Å². The first-order valence-electron chi connectivity index (χ1n) is 6.28. The van der Waals surface area contributed by atoms with E-state index in [2.05, 4.69) is 29.2 Å². The molecular weight excluding hydrogens is 250 g/mol. The molecule has 2 heterocycles. The summed E-state index contributed by atoms with van der Waals surface area (Å²) in [6, 6.07) is 4.26. The zero-order chi connectivity index (χ0) is 13.1. The fourth-order valence-electron chi connectivity index (χ4n) is 2.36. The minimum absolute atomic E-state index is 0.250. The van der Waals surface area contributed by atoms with Crippen molar-refractivity contribution >= 4 is 17.4 Å². The molecule has 2 rings (SSSR count). The number of rotatable bonds is 4. The molecule has 1 fully saturated rings. The van der Waals surface area contributed by atoms with Crippen LogP contribution in [0.25, 0.3) is 0 Å². The molecule has 4 nitrogen and oxygen atoms in total. The molecule has 0 aromatic carbocycles. The van der Waals surface area contributed by atoms with Crippen molar-refractivity contribution in [1.29, 1.82) is 0 Å². The minimum atomic E-state index is 0.250. The van der Waals surface area contributed by atoms with Crippen LogP contribution in [0.1, 0.15) is 19.0 Å². The van der Waals surface area contributed by atoms with Crippen LogP contribution < -0.4 is 10.2 Å². The summed E-state index contributed by atoms with van der Waals surface area (Å²) in [6.45, 7) is 3.61. The molecule has 0 aliphatic carbocycles. The summed E-state index contributed by atoms with van der Waals surface area (Å²) in [7, 11) is 3.95. The molecule has 1 aliphatic rings. The molecule has 0 radical (unpaired) electrons. The molecule has 1 N–H and O–H groups in total. The van der Waals surface area contributed by atoms with Gasteiger partial charge in [0, 0.05) is 20.2 Å². The Morgan fingerprint density at radius 3 is 2.94 bits per heavy atom. The van der Waals surface area contributed by atoms with Gasteiger partial charge in [0.2, 0.25) is 0 Å². The largest absolute Gasteiger partial charge is 0.376 e. The van der Waals surface area contributed by atoms with E-state index in [0.717, 1.165) is 24.5 Å². The predicted octanol–water partition coefficient (Wildman–Crippen LogP) is 2.07. The van der Waals surface area contributed by atoms with Gasteiger partial charge >= 0.3 is 0 Å². The van der Waals surface area contributed by atoms with Crippen LogP contribution in [0.4, 0.5) is 5.82 Å². The lowest BCUT2D eigenvalue weighted by Gasteiger charge is -2.28. The summed E-state index contributed by atoms with van der Waals surface area (Å²) in [5, 5.41) is 3.78. The third kappa shape index (κ3) is 2.76. The molecule has 5 heteroatoms. The number of likely N-dealkylation sites (N-methyl/N-ethyl adjacent to an activating group) is 1. The van der Waals surface area contributed by atoms with Gasteiger partial charge in [-0.1, -0.05) is 11.6 Å². The lowest BCUT2D eigenvalue weighted by Crippen LogP contribution is -2.37. The second-order valence-corrected chi connectivity index (χ2v) is 5.08. The second kappa shape index (κ2) is 5.87. The summed E-state index contributed by atoms with van der Waals surface area (Å²) >= 11 is 6.12. The molecule has 0 amide bonds. The minimum Gasteiger partial charge on any atom is -0.376 e. The molecule has 0 spiro atoms. The first-order valence-corrected chi connectivity index (χ1v) is 6.65. The van der Waals surface area contributed by atoms with Gasteiger partial charge in [0.25, 0.3) is 0 Å².